The smallest absolute Gasteiger partial charge is 0.329 e. The third kappa shape index (κ3) is 3.19. The summed E-state index contributed by atoms with van der Waals surface area (Å²) in [5.74, 6) is 0.520. The van der Waals surface area contributed by atoms with Gasteiger partial charge in [0.2, 0.25) is 0 Å². The standard InChI is InChI=1S/C21H22N2O2S/c1-3-7-15-9-6-11-19(22-15)23-16-13-21(2,25-20(16)24)18-12-14-8-4-5-10-17(14)26-18/h4-6,8-12,16H,3,7,13H2,1-2H3,(H,22,23). The molecular weight excluding hydrogens is 344 g/mol. The maximum Gasteiger partial charge on any atom is 0.329 e. The number of hydrogen-bond acceptors (Lipinski definition) is 5. The van der Waals surface area contributed by atoms with E-state index in [9.17, 15) is 4.79 Å². The van der Waals surface area contributed by atoms with Gasteiger partial charge in [-0.3, -0.25) is 0 Å². The molecule has 3 aromatic rings. The van der Waals surface area contributed by atoms with Gasteiger partial charge >= 0.3 is 5.97 Å². The van der Waals surface area contributed by atoms with E-state index in [1.807, 2.05) is 37.3 Å². The maximum absolute atomic E-state index is 12.5. The lowest BCUT2D eigenvalue weighted by molar-refractivity contribution is -0.148. The van der Waals surface area contributed by atoms with Gasteiger partial charge < -0.3 is 10.1 Å². The molecule has 5 heteroatoms. The normalized spacial score (nSPS) is 22.5. The predicted octanol–water partition coefficient (Wildman–Crippen LogP) is 4.89. The summed E-state index contributed by atoms with van der Waals surface area (Å²) in [6, 6.07) is 15.9. The van der Waals surface area contributed by atoms with E-state index < -0.39 is 5.60 Å². The van der Waals surface area contributed by atoms with Gasteiger partial charge in [-0.25, -0.2) is 9.78 Å². The van der Waals surface area contributed by atoms with Crippen LogP contribution in [0.25, 0.3) is 10.1 Å². The van der Waals surface area contributed by atoms with Gasteiger partial charge in [-0.15, -0.1) is 11.3 Å². The highest BCUT2D eigenvalue weighted by molar-refractivity contribution is 7.19. The third-order valence-corrected chi connectivity index (χ3v) is 6.15. The Bertz CT molecular complexity index is 919. The molecule has 1 N–H and O–H groups in total. The zero-order valence-electron chi connectivity index (χ0n) is 15.0. The zero-order valence-corrected chi connectivity index (χ0v) is 15.8. The molecule has 1 aromatic carbocycles. The molecule has 134 valence electrons. The Balaban J connectivity index is 1.55. The second-order valence-corrected chi connectivity index (χ2v) is 8.05. The average Bonchev–Trinajstić information content (AvgIpc) is 3.18. The van der Waals surface area contributed by atoms with Crippen molar-refractivity contribution >= 4 is 33.2 Å². The molecule has 26 heavy (non-hydrogen) atoms. The molecule has 0 saturated carbocycles. The number of aryl methyl sites for hydroxylation is 1. The van der Waals surface area contributed by atoms with Crippen LogP contribution in [0.3, 0.4) is 0 Å². The minimum absolute atomic E-state index is 0.215. The topological polar surface area (TPSA) is 51.2 Å². The molecule has 0 radical (unpaired) electrons. The van der Waals surface area contributed by atoms with Crippen molar-refractivity contribution in [1.29, 1.82) is 0 Å². The highest BCUT2D eigenvalue weighted by Crippen LogP contribution is 2.42. The molecule has 0 bridgehead atoms. The first-order valence-electron chi connectivity index (χ1n) is 9.02. The first-order chi connectivity index (χ1) is 12.6. The largest absolute Gasteiger partial charge is 0.452 e. The molecule has 2 unspecified atom stereocenters. The van der Waals surface area contributed by atoms with Gasteiger partial charge in [-0.2, -0.15) is 0 Å². The van der Waals surface area contributed by atoms with Crippen LogP contribution in [-0.2, 0) is 21.6 Å². The lowest BCUT2D eigenvalue weighted by atomic mass is 9.98. The van der Waals surface area contributed by atoms with Crippen molar-refractivity contribution < 1.29 is 9.53 Å². The number of carbonyl (C=O) groups is 1. The van der Waals surface area contributed by atoms with Crippen LogP contribution in [0.5, 0.6) is 0 Å². The van der Waals surface area contributed by atoms with Crippen LogP contribution in [0.4, 0.5) is 5.82 Å². The fourth-order valence-electron chi connectivity index (χ4n) is 3.44. The van der Waals surface area contributed by atoms with E-state index >= 15 is 0 Å². The number of nitrogens with zero attached hydrogens (tertiary/aromatic N) is 1. The Morgan fingerprint density at radius 3 is 2.92 bits per heavy atom. The lowest BCUT2D eigenvalue weighted by Gasteiger charge is -2.20. The van der Waals surface area contributed by atoms with Crippen molar-refractivity contribution in [1.82, 2.24) is 4.98 Å². The van der Waals surface area contributed by atoms with Gasteiger partial charge in [0.15, 0.2) is 0 Å². The molecule has 1 saturated heterocycles. The minimum Gasteiger partial charge on any atom is -0.452 e. The van der Waals surface area contributed by atoms with E-state index in [4.69, 9.17) is 4.74 Å². The van der Waals surface area contributed by atoms with Crippen LogP contribution in [0.1, 0.15) is 37.3 Å². The first-order valence-corrected chi connectivity index (χ1v) is 9.83. The van der Waals surface area contributed by atoms with E-state index in [1.54, 1.807) is 11.3 Å². The van der Waals surface area contributed by atoms with Gasteiger partial charge in [0, 0.05) is 21.7 Å². The van der Waals surface area contributed by atoms with Gasteiger partial charge in [0.1, 0.15) is 17.5 Å². The molecule has 0 amide bonds. The van der Waals surface area contributed by atoms with Gasteiger partial charge in [0.25, 0.3) is 0 Å². The summed E-state index contributed by atoms with van der Waals surface area (Å²) in [5, 5.41) is 4.46. The number of nitrogens with one attached hydrogen (secondary N) is 1. The summed E-state index contributed by atoms with van der Waals surface area (Å²) in [6.07, 6.45) is 2.58. The number of benzene rings is 1. The van der Waals surface area contributed by atoms with E-state index in [1.165, 1.54) is 10.1 Å². The van der Waals surface area contributed by atoms with E-state index in [0.29, 0.717) is 6.42 Å². The van der Waals surface area contributed by atoms with Crippen LogP contribution in [-0.4, -0.2) is 17.0 Å². The number of rotatable bonds is 5. The summed E-state index contributed by atoms with van der Waals surface area (Å²) in [5.41, 5.74) is 0.440. The van der Waals surface area contributed by atoms with Crippen molar-refractivity contribution in [3.63, 3.8) is 0 Å². The molecule has 1 aliphatic heterocycles. The van der Waals surface area contributed by atoms with Crippen molar-refractivity contribution in [2.24, 2.45) is 0 Å². The third-order valence-electron chi connectivity index (χ3n) is 4.79. The number of esters is 1. The van der Waals surface area contributed by atoms with Crippen LogP contribution < -0.4 is 5.32 Å². The molecule has 2 aromatic heterocycles. The Kier molecular flexibility index (Phi) is 4.41. The number of pyridine rings is 1. The molecule has 0 spiro atoms. The van der Waals surface area contributed by atoms with Gasteiger partial charge in [-0.1, -0.05) is 37.6 Å². The Morgan fingerprint density at radius 2 is 2.12 bits per heavy atom. The van der Waals surface area contributed by atoms with Crippen LogP contribution in [0.15, 0.2) is 48.5 Å². The second-order valence-electron chi connectivity index (χ2n) is 6.97. The molecule has 4 nitrogen and oxygen atoms in total. The van der Waals surface area contributed by atoms with Crippen molar-refractivity contribution in [2.75, 3.05) is 5.32 Å². The Labute approximate surface area is 157 Å². The molecule has 2 atom stereocenters. The molecule has 4 rings (SSSR count). The lowest BCUT2D eigenvalue weighted by Crippen LogP contribution is -2.25. The van der Waals surface area contributed by atoms with Crippen molar-refractivity contribution in [3.8, 4) is 0 Å². The predicted molar refractivity (Wildman–Crippen MR) is 106 cm³/mol. The van der Waals surface area contributed by atoms with Crippen LogP contribution >= 0.6 is 11.3 Å². The highest BCUT2D eigenvalue weighted by atomic mass is 32.1. The number of ether oxygens (including phenoxy) is 1. The second kappa shape index (κ2) is 6.72. The van der Waals surface area contributed by atoms with Gasteiger partial charge in [0.05, 0.1) is 0 Å². The number of aromatic nitrogens is 1. The molecular formula is C21H22N2O2S. The molecule has 1 fully saturated rings. The van der Waals surface area contributed by atoms with E-state index in [0.717, 1.165) is 29.2 Å². The summed E-state index contributed by atoms with van der Waals surface area (Å²) in [4.78, 5) is 18.2. The summed E-state index contributed by atoms with van der Waals surface area (Å²) < 4.78 is 7.02. The number of anilines is 1. The number of cyclic esters (lactones) is 1. The van der Waals surface area contributed by atoms with E-state index in [-0.39, 0.29) is 12.0 Å². The number of carbonyl (C=O) groups excluding carboxylic acids is 1. The van der Waals surface area contributed by atoms with Crippen LogP contribution in [0, 0.1) is 0 Å². The van der Waals surface area contributed by atoms with Crippen LogP contribution in [0.2, 0.25) is 0 Å². The van der Waals surface area contributed by atoms with Crippen molar-refractivity contribution in [3.05, 3.63) is 59.1 Å². The van der Waals surface area contributed by atoms with Crippen molar-refractivity contribution in [2.45, 2.75) is 44.8 Å². The quantitative estimate of drug-likeness (QED) is 0.653. The SMILES string of the molecule is CCCc1cccc(NC2CC(C)(c3cc4ccccc4s3)OC2=O)n1. The minimum atomic E-state index is -0.598. The molecule has 3 heterocycles. The first kappa shape index (κ1) is 17.0. The number of thiophene rings is 1. The molecule has 0 aliphatic carbocycles. The number of fused-ring (bicyclic) bond motifs is 1. The maximum atomic E-state index is 12.5. The zero-order chi connectivity index (χ0) is 18.1. The monoisotopic (exact) mass is 366 g/mol. The summed E-state index contributed by atoms with van der Waals surface area (Å²) in [7, 11) is 0. The highest BCUT2D eigenvalue weighted by Gasteiger charge is 2.45. The number of hydrogen-bond donors (Lipinski definition) is 1. The fraction of sp³-hybridized carbons (Fsp3) is 0.333. The van der Waals surface area contributed by atoms with Gasteiger partial charge in [-0.05, 0) is 43.0 Å². The summed E-state index contributed by atoms with van der Waals surface area (Å²) >= 11 is 1.69. The Hall–Kier alpha value is -2.40. The Morgan fingerprint density at radius 1 is 1.27 bits per heavy atom. The average molecular weight is 366 g/mol. The molecule has 1 aliphatic rings. The fourth-order valence-corrected chi connectivity index (χ4v) is 4.60. The summed E-state index contributed by atoms with van der Waals surface area (Å²) in [6.45, 7) is 4.13. The van der Waals surface area contributed by atoms with E-state index in [2.05, 4.69) is 35.4 Å².